The molecule has 6 heteroatoms. The molecule has 0 saturated carbocycles. The van der Waals surface area contributed by atoms with E-state index >= 15 is 0 Å². The standard InChI is InChI=1S/C8H13N3O2S/c1-6-8(9)4-11(10-6)7-2-3-14(12,13)5-7/h4,7H,2-3,5,9H2,1H3. The first-order valence-electron chi connectivity index (χ1n) is 4.49. The summed E-state index contributed by atoms with van der Waals surface area (Å²) in [5.41, 5.74) is 7.02. The van der Waals surface area contributed by atoms with Crippen LogP contribution in [0.25, 0.3) is 0 Å². The van der Waals surface area contributed by atoms with Crippen LogP contribution in [-0.4, -0.2) is 29.7 Å². The summed E-state index contributed by atoms with van der Waals surface area (Å²) in [5.74, 6) is 0.448. The molecule has 78 valence electrons. The van der Waals surface area contributed by atoms with Gasteiger partial charge in [-0.2, -0.15) is 5.10 Å². The SMILES string of the molecule is Cc1nn(C2CCS(=O)(=O)C2)cc1N. The molecule has 1 aliphatic heterocycles. The van der Waals surface area contributed by atoms with Crippen molar-refractivity contribution in [1.82, 2.24) is 9.78 Å². The second-order valence-corrected chi connectivity index (χ2v) is 5.94. The summed E-state index contributed by atoms with van der Waals surface area (Å²) < 4.78 is 24.1. The van der Waals surface area contributed by atoms with Crippen LogP contribution in [0, 0.1) is 6.92 Å². The molecule has 14 heavy (non-hydrogen) atoms. The van der Waals surface area contributed by atoms with E-state index in [0.29, 0.717) is 12.1 Å². The molecule has 0 spiro atoms. The van der Waals surface area contributed by atoms with Gasteiger partial charge in [0.2, 0.25) is 0 Å². The number of anilines is 1. The Morgan fingerprint density at radius 2 is 2.36 bits per heavy atom. The smallest absolute Gasteiger partial charge is 0.152 e. The maximum Gasteiger partial charge on any atom is 0.152 e. The lowest BCUT2D eigenvalue weighted by atomic mass is 10.3. The first-order valence-corrected chi connectivity index (χ1v) is 6.32. The Morgan fingerprint density at radius 1 is 1.64 bits per heavy atom. The van der Waals surface area contributed by atoms with E-state index in [1.807, 2.05) is 6.92 Å². The van der Waals surface area contributed by atoms with Gasteiger partial charge in [0, 0.05) is 6.20 Å². The minimum Gasteiger partial charge on any atom is -0.396 e. The molecule has 1 atom stereocenters. The van der Waals surface area contributed by atoms with Crippen LogP contribution in [0.4, 0.5) is 5.69 Å². The summed E-state index contributed by atoms with van der Waals surface area (Å²) in [6.45, 7) is 1.81. The average Bonchev–Trinajstić information content (AvgIpc) is 2.57. The summed E-state index contributed by atoms with van der Waals surface area (Å²) in [6, 6.07) is -0.0315. The number of hydrogen-bond acceptors (Lipinski definition) is 4. The van der Waals surface area contributed by atoms with Crippen molar-refractivity contribution in [2.45, 2.75) is 19.4 Å². The van der Waals surface area contributed by atoms with Gasteiger partial charge in [-0.05, 0) is 13.3 Å². The lowest BCUT2D eigenvalue weighted by molar-refractivity contribution is 0.497. The Labute approximate surface area is 82.8 Å². The number of nitrogens with two attached hydrogens (primary N) is 1. The summed E-state index contributed by atoms with van der Waals surface area (Å²) in [6.07, 6.45) is 2.35. The molecule has 2 N–H and O–H groups in total. The largest absolute Gasteiger partial charge is 0.396 e. The second-order valence-electron chi connectivity index (χ2n) is 3.71. The lowest BCUT2D eigenvalue weighted by Gasteiger charge is -2.06. The molecule has 2 rings (SSSR count). The number of rotatable bonds is 1. The monoisotopic (exact) mass is 215 g/mol. The number of nitrogens with zero attached hydrogens (tertiary/aromatic N) is 2. The minimum atomic E-state index is -2.85. The molecule has 1 aromatic heterocycles. The number of aryl methyl sites for hydroxylation is 1. The third-order valence-corrected chi connectivity index (χ3v) is 4.29. The van der Waals surface area contributed by atoms with Crippen LogP contribution in [0.15, 0.2) is 6.20 Å². The molecular weight excluding hydrogens is 202 g/mol. The third kappa shape index (κ3) is 1.61. The number of nitrogen functional groups attached to an aromatic ring is 1. The van der Waals surface area contributed by atoms with E-state index in [1.165, 1.54) is 0 Å². The van der Waals surface area contributed by atoms with E-state index in [9.17, 15) is 8.42 Å². The summed E-state index contributed by atoms with van der Waals surface area (Å²) in [7, 11) is -2.85. The molecule has 1 fully saturated rings. The third-order valence-electron chi connectivity index (χ3n) is 2.54. The Hall–Kier alpha value is -1.04. The predicted molar refractivity (Wildman–Crippen MR) is 53.7 cm³/mol. The molecule has 0 aliphatic carbocycles. The zero-order valence-electron chi connectivity index (χ0n) is 7.97. The summed E-state index contributed by atoms with van der Waals surface area (Å²) in [5, 5.41) is 4.18. The molecule has 0 amide bonds. The summed E-state index contributed by atoms with van der Waals surface area (Å²) in [4.78, 5) is 0. The van der Waals surface area contributed by atoms with Gasteiger partial charge in [-0.25, -0.2) is 8.42 Å². The van der Waals surface area contributed by atoms with Gasteiger partial charge in [0.05, 0.1) is 28.9 Å². The second kappa shape index (κ2) is 2.98. The van der Waals surface area contributed by atoms with E-state index in [1.54, 1.807) is 10.9 Å². The van der Waals surface area contributed by atoms with Crippen molar-refractivity contribution in [3.05, 3.63) is 11.9 Å². The van der Waals surface area contributed by atoms with Crippen molar-refractivity contribution in [3.8, 4) is 0 Å². The minimum absolute atomic E-state index is 0.0315. The normalized spacial score (nSPS) is 25.4. The van der Waals surface area contributed by atoms with Gasteiger partial charge in [0.15, 0.2) is 9.84 Å². The topological polar surface area (TPSA) is 78.0 Å². The van der Waals surface area contributed by atoms with E-state index in [4.69, 9.17) is 5.73 Å². The average molecular weight is 215 g/mol. The molecule has 5 nitrogen and oxygen atoms in total. The molecule has 0 bridgehead atoms. The number of aromatic nitrogens is 2. The highest BCUT2D eigenvalue weighted by atomic mass is 32.2. The van der Waals surface area contributed by atoms with Crippen molar-refractivity contribution < 1.29 is 8.42 Å². The van der Waals surface area contributed by atoms with Crippen molar-refractivity contribution in [3.63, 3.8) is 0 Å². The van der Waals surface area contributed by atoms with Crippen molar-refractivity contribution in [2.75, 3.05) is 17.2 Å². The van der Waals surface area contributed by atoms with Gasteiger partial charge in [-0.1, -0.05) is 0 Å². The predicted octanol–water partition coefficient (Wildman–Crippen LogP) is 0.133. The molecule has 2 heterocycles. The Balaban J connectivity index is 2.26. The molecule has 1 aromatic rings. The van der Waals surface area contributed by atoms with Gasteiger partial charge in [-0.15, -0.1) is 0 Å². The van der Waals surface area contributed by atoms with Gasteiger partial charge < -0.3 is 5.73 Å². The van der Waals surface area contributed by atoms with Gasteiger partial charge >= 0.3 is 0 Å². The first-order chi connectivity index (χ1) is 6.48. The Bertz CT molecular complexity index is 430. The van der Waals surface area contributed by atoms with Crippen LogP contribution in [0.3, 0.4) is 0 Å². The van der Waals surface area contributed by atoms with Crippen LogP contribution in [0.5, 0.6) is 0 Å². The highest BCUT2D eigenvalue weighted by Gasteiger charge is 2.29. The van der Waals surface area contributed by atoms with Crippen molar-refractivity contribution >= 4 is 15.5 Å². The van der Waals surface area contributed by atoms with Crippen molar-refractivity contribution in [1.29, 1.82) is 0 Å². The van der Waals surface area contributed by atoms with Gasteiger partial charge in [0.25, 0.3) is 0 Å². The van der Waals surface area contributed by atoms with Gasteiger partial charge in [-0.3, -0.25) is 4.68 Å². The van der Waals surface area contributed by atoms with E-state index in [0.717, 1.165) is 5.69 Å². The Morgan fingerprint density at radius 3 is 2.79 bits per heavy atom. The molecule has 0 aromatic carbocycles. The maximum absolute atomic E-state index is 11.2. The first kappa shape index (κ1) is 9.51. The fraction of sp³-hybridized carbons (Fsp3) is 0.625. The van der Waals surface area contributed by atoms with E-state index in [-0.39, 0.29) is 17.5 Å². The molecule has 1 unspecified atom stereocenters. The highest BCUT2D eigenvalue weighted by molar-refractivity contribution is 7.91. The number of hydrogen-bond donors (Lipinski definition) is 1. The molecule has 1 saturated heterocycles. The van der Waals surface area contributed by atoms with Crippen LogP contribution >= 0.6 is 0 Å². The summed E-state index contributed by atoms with van der Waals surface area (Å²) >= 11 is 0. The zero-order valence-corrected chi connectivity index (χ0v) is 8.79. The molecular formula is C8H13N3O2S. The molecule has 1 aliphatic rings. The van der Waals surface area contributed by atoms with Crippen LogP contribution in [-0.2, 0) is 9.84 Å². The fourth-order valence-corrected chi connectivity index (χ4v) is 3.37. The highest BCUT2D eigenvalue weighted by Crippen LogP contribution is 2.24. The van der Waals surface area contributed by atoms with Crippen LogP contribution in [0.1, 0.15) is 18.2 Å². The van der Waals surface area contributed by atoms with Crippen molar-refractivity contribution in [2.24, 2.45) is 0 Å². The fourth-order valence-electron chi connectivity index (χ4n) is 1.67. The van der Waals surface area contributed by atoms with Crippen LogP contribution < -0.4 is 5.73 Å². The van der Waals surface area contributed by atoms with Gasteiger partial charge in [0.1, 0.15) is 0 Å². The maximum atomic E-state index is 11.2. The number of sulfone groups is 1. The van der Waals surface area contributed by atoms with E-state index in [2.05, 4.69) is 5.10 Å². The zero-order chi connectivity index (χ0) is 10.3. The Kier molecular flexibility index (Phi) is 2.02. The molecule has 0 radical (unpaired) electrons. The quantitative estimate of drug-likeness (QED) is 0.722. The van der Waals surface area contributed by atoms with Crippen LogP contribution in [0.2, 0.25) is 0 Å². The lowest BCUT2D eigenvalue weighted by Crippen LogP contribution is -2.11. The van der Waals surface area contributed by atoms with E-state index < -0.39 is 9.84 Å².